The molecule has 0 spiro atoms. The summed E-state index contributed by atoms with van der Waals surface area (Å²) in [7, 11) is 0. The lowest BCUT2D eigenvalue weighted by molar-refractivity contribution is -0.387. The third-order valence-electron chi connectivity index (χ3n) is 1.79. The first-order chi connectivity index (χ1) is 7.49. The van der Waals surface area contributed by atoms with Crippen molar-refractivity contribution in [3.05, 3.63) is 32.6 Å². The fourth-order valence-corrected chi connectivity index (χ4v) is 1.38. The third-order valence-corrected chi connectivity index (χ3v) is 2.09. The lowest BCUT2D eigenvalue weighted by atomic mass is 10.1. The van der Waals surface area contributed by atoms with Gasteiger partial charge in [0.25, 0.3) is 12.1 Å². The first kappa shape index (κ1) is 12.3. The normalized spacial score (nSPS) is 10.2. The van der Waals surface area contributed by atoms with Gasteiger partial charge in [0.1, 0.15) is 10.7 Å². The van der Waals surface area contributed by atoms with Crippen molar-refractivity contribution in [2.75, 3.05) is 0 Å². The zero-order valence-electron chi connectivity index (χ0n) is 7.65. The third kappa shape index (κ3) is 2.23. The van der Waals surface area contributed by atoms with Crippen molar-refractivity contribution in [2.24, 2.45) is 0 Å². The van der Waals surface area contributed by atoms with Crippen LogP contribution in [0.4, 0.5) is 14.5 Å². The molecule has 0 saturated heterocycles. The van der Waals surface area contributed by atoms with Crippen LogP contribution in [0.3, 0.4) is 0 Å². The molecule has 0 bridgehead atoms. The Hall–Kier alpha value is -1.81. The van der Waals surface area contributed by atoms with Crippen LogP contribution in [-0.4, -0.2) is 9.91 Å². The molecule has 0 N–H and O–H groups in total. The Balaban J connectivity index is 3.51. The van der Waals surface area contributed by atoms with E-state index in [4.69, 9.17) is 16.9 Å². The van der Waals surface area contributed by atoms with Crippen molar-refractivity contribution in [3.8, 4) is 6.07 Å². The van der Waals surface area contributed by atoms with Crippen LogP contribution in [0.1, 0.15) is 17.6 Å². The molecular weight excluding hydrogens is 244 g/mol. The van der Waals surface area contributed by atoms with Crippen LogP contribution in [-0.2, 0) is 6.42 Å². The van der Waals surface area contributed by atoms with E-state index >= 15 is 0 Å². The largest absolute Gasteiger partial charge is 0.287 e. The van der Waals surface area contributed by atoms with Gasteiger partial charge in [0.2, 0.25) is 0 Å². The summed E-state index contributed by atoms with van der Waals surface area (Å²) in [5.41, 5.74) is -1.96. The highest BCUT2D eigenvalue weighted by atomic mass is 35.5. The Morgan fingerprint density at radius 1 is 1.69 bits per heavy atom. The van der Waals surface area contributed by atoms with Gasteiger partial charge < -0.3 is 0 Å². The van der Waals surface area contributed by atoms with E-state index in [2.05, 4.69) is 4.98 Å². The standard InChI is InChI=1S/C8H4ClF2N3O2/c9-7-5(8(10)11)6(14(15)16)4(1-2-12)3-13-7/h3,8H,1H2. The molecule has 0 unspecified atom stereocenters. The summed E-state index contributed by atoms with van der Waals surface area (Å²) < 4.78 is 25.1. The quantitative estimate of drug-likeness (QED) is 0.467. The number of halogens is 3. The molecule has 8 heteroatoms. The number of hydrogen-bond donors (Lipinski definition) is 0. The number of aromatic nitrogens is 1. The van der Waals surface area contributed by atoms with Gasteiger partial charge >= 0.3 is 0 Å². The second-order valence-corrected chi connectivity index (χ2v) is 3.09. The maximum Gasteiger partial charge on any atom is 0.287 e. The second-order valence-electron chi connectivity index (χ2n) is 2.73. The average Bonchev–Trinajstić information content (AvgIpc) is 2.19. The zero-order chi connectivity index (χ0) is 12.3. The molecule has 1 aromatic rings. The number of nitrogens with zero attached hydrogens (tertiary/aromatic N) is 3. The molecule has 0 aliphatic carbocycles. The number of hydrogen-bond acceptors (Lipinski definition) is 4. The van der Waals surface area contributed by atoms with E-state index in [0.29, 0.717) is 0 Å². The number of pyridine rings is 1. The number of alkyl halides is 2. The van der Waals surface area contributed by atoms with Crippen molar-refractivity contribution in [3.63, 3.8) is 0 Å². The molecule has 1 aromatic heterocycles. The van der Waals surface area contributed by atoms with E-state index in [1.54, 1.807) is 6.07 Å². The summed E-state index contributed by atoms with van der Waals surface area (Å²) in [6.45, 7) is 0. The predicted molar refractivity (Wildman–Crippen MR) is 50.2 cm³/mol. The monoisotopic (exact) mass is 247 g/mol. The summed E-state index contributed by atoms with van der Waals surface area (Å²) in [6, 6.07) is 1.63. The maximum atomic E-state index is 12.6. The molecule has 0 radical (unpaired) electrons. The van der Waals surface area contributed by atoms with Crippen molar-refractivity contribution < 1.29 is 13.7 Å². The topological polar surface area (TPSA) is 79.8 Å². The Morgan fingerprint density at radius 3 is 2.75 bits per heavy atom. The molecular formula is C8H4ClF2N3O2. The lowest BCUT2D eigenvalue weighted by Crippen LogP contribution is -2.03. The minimum atomic E-state index is -3.11. The van der Waals surface area contributed by atoms with Crippen molar-refractivity contribution in [2.45, 2.75) is 12.8 Å². The zero-order valence-corrected chi connectivity index (χ0v) is 8.41. The molecule has 0 amide bonds. The molecule has 5 nitrogen and oxygen atoms in total. The van der Waals surface area contributed by atoms with E-state index in [1.807, 2.05) is 0 Å². The van der Waals surface area contributed by atoms with Gasteiger partial charge in [0.15, 0.2) is 0 Å². The van der Waals surface area contributed by atoms with Gasteiger partial charge in [-0.1, -0.05) is 11.6 Å². The first-order valence-corrected chi connectivity index (χ1v) is 4.33. The molecule has 1 rings (SSSR count). The van der Waals surface area contributed by atoms with E-state index in [-0.39, 0.29) is 12.0 Å². The molecule has 0 aromatic carbocycles. The lowest BCUT2D eigenvalue weighted by Gasteiger charge is -2.06. The molecule has 0 saturated carbocycles. The minimum absolute atomic E-state index is 0.174. The summed E-state index contributed by atoms with van der Waals surface area (Å²) in [4.78, 5) is 13.1. The van der Waals surface area contributed by atoms with Crippen LogP contribution in [0.25, 0.3) is 0 Å². The molecule has 0 fully saturated rings. The highest BCUT2D eigenvalue weighted by molar-refractivity contribution is 6.30. The van der Waals surface area contributed by atoms with Gasteiger partial charge in [-0.2, -0.15) is 5.26 Å². The molecule has 0 aliphatic rings. The van der Waals surface area contributed by atoms with E-state index in [0.717, 1.165) is 6.20 Å². The Labute approximate surface area is 93.4 Å². The molecule has 0 atom stereocenters. The van der Waals surface area contributed by atoms with Gasteiger partial charge in [0.05, 0.1) is 23.0 Å². The summed E-state index contributed by atoms with van der Waals surface area (Å²) in [5, 5.41) is 18.4. The highest BCUT2D eigenvalue weighted by Gasteiger charge is 2.29. The van der Waals surface area contributed by atoms with Gasteiger partial charge in [-0.15, -0.1) is 0 Å². The highest BCUT2D eigenvalue weighted by Crippen LogP contribution is 2.36. The number of rotatable bonds is 3. The summed E-state index contributed by atoms with van der Waals surface area (Å²) in [5.74, 6) is 0. The molecule has 1 heterocycles. The molecule has 0 aliphatic heterocycles. The van der Waals surface area contributed by atoms with Crippen LogP contribution in [0.15, 0.2) is 6.20 Å². The van der Waals surface area contributed by atoms with Crippen LogP contribution < -0.4 is 0 Å². The number of nitriles is 1. The van der Waals surface area contributed by atoms with E-state index in [9.17, 15) is 18.9 Å². The van der Waals surface area contributed by atoms with Gasteiger partial charge in [0, 0.05) is 6.20 Å². The van der Waals surface area contributed by atoms with Crippen LogP contribution in [0.2, 0.25) is 5.15 Å². The number of nitro groups is 1. The predicted octanol–water partition coefficient (Wildman–Crippen LogP) is 2.65. The molecule has 16 heavy (non-hydrogen) atoms. The van der Waals surface area contributed by atoms with Crippen LogP contribution in [0.5, 0.6) is 0 Å². The summed E-state index contributed by atoms with van der Waals surface area (Å²) >= 11 is 5.36. The first-order valence-electron chi connectivity index (χ1n) is 3.95. The van der Waals surface area contributed by atoms with Gasteiger partial charge in [-0.05, 0) is 0 Å². The second kappa shape index (κ2) is 4.81. The van der Waals surface area contributed by atoms with E-state index < -0.39 is 27.8 Å². The Morgan fingerprint density at radius 2 is 2.31 bits per heavy atom. The van der Waals surface area contributed by atoms with Crippen molar-refractivity contribution in [1.29, 1.82) is 5.26 Å². The smallest absolute Gasteiger partial charge is 0.258 e. The minimum Gasteiger partial charge on any atom is -0.258 e. The van der Waals surface area contributed by atoms with Crippen LogP contribution in [0, 0.1) is 21.4 Å². The van der Waals surface area contributed by atoms with Crippen molar-refractivity contribution in [1.82, 2.24) is 4.98 Å². The SMILES string of the molecule is N#CCc1cnc(Cl)c(C(F)F)c1[N+](=O)[O-]. The van der Waals surface area contributed by atoms with Gasteiger partial charge in [-0.25, -0.2) is 13.8 Å². The fraction of sp³-hybridized carbons (Fsp3) is 0.250. The Kier molecular flexibility index (Phi) is 3.68. The van der Waals surface area contributed by atoms with Crippen LogP contribution >= 0.6 is 11.6 Å². The Bertz CT molecular complexity index is 473. The van der Waals surface area contributed by atoms with Gasteiger partial charge in [-0.3, -0.25) is 10.1 Å². The molecule has 84 valence electrons. The average molecular weight is 248 g/mol. The van der Waals surface area contributed by atoms with E-state index in [1.165, 1.54) is 0 Å². The maximum absolute atomic E-state index is 12.6. The van der Waals surface area contributed by atoms with Crippen molar-refractivity contribution >= 4 is 17.3 Å². The summed E-state index contributed by atoms with van der Waals surface area (Å²) in [6.07, 6.45) is -2.53. The fourth-order valence-electron chi connectivity index (χ4n) is 1.16.